The van der Waals surface area contributed by atoms with Crippen LogP contribution in [0, 0.1) is 0 Å². The lowest BCUT2D eigenvalue weighted by Gasteiger charge is -2.11. The van der Waals surface area contributed by atoms with Crippen LogP contribution < -0.4 is 10.6 Å². The third kappa shape index (κ3) is 15.5. The Morgan fingerprint density at radius 1 is 0.818 bits per heavy atom. The lowest BCUT2D eigenvalue weighted by Crippen LogP contribution is -2.38. The largest absolute Gasteiger partial charge is 0.382 e. The first-order valence-electron chi connectivity index (χ1n) is 8.00. The van der Waals surface area contributed by atoms with Crippen molar-refractivity contribution < 1.29 is 18.9 Å². The highest BCUT2D eigenvalue weighted by atomic mass is 16.5. The molecule has 0 aromatic carbocycles. The molecular weight excluding hydrogens is 286 g/mol. The molecule has 0 aromatic rings. The first kappa shape index (κ1) is 21.1. The summed E-state index contributed by atoms with van der Waals surface area (Å²) in [6.45, 7) is 8.48. The van der Waals surface area contributed by atoms with E-state index in [4.69, 9.17) is 18.9 Å². The molecule has 0 bridgehead atoms. The van der Waals surface area contributed by atoms with Crippen molar-refractivity contribution >= 4 is 5.96 Å². The standard InChI is InChI=1S/C15H33N3O4/c1-4-16-15(17-7-5-9-21-13-11-19-2)18-8-6-10-22-14-12-20-3/h4-14H2,1-3H3,(H2,16,17,18). The molecule has 2 N–H and O–H groups in total. The molecule has 0 atom stereocenters. The van der Waals surface area contributed by atoms with Gasteiger partial charge in [0.2, 0.25) is 0 Å². The van der Waals surface area contributed by atoms with Crippen molar-refractivity contribution in [3.8, 4) is 0 Å². The topological polar surface area (TPSA) is 73.3 Å². The van der Waals surface area contributed by atoms with Gasteiger partial charge in [0.15, 0.2) is 5.96 Å². The van der Waals surface area contributed by atoms with Crippen LogP contribution in [0.3, 0.4) is 0 Å². The summed E-state index contributed by atoms with van der Waals surface area (Å²) in [5, 5.41) is 6.51. The first-order chi connectivity index (χ1) is 10.8. The van der Waals surface area contributed by atoms with Gasteiger partial charge < -0.3 is 29.6 Å². The minimum absolute atomic E-state index is 0.639. The Morgan fingerprint density at radius 2 is 1.45 bits per heavy atom. The van der Waals surface area contributed by atoms with Crippen LogP contribution in [0.1, 0.15) is 19.8 Å². The molecule has 22 heavy (non-hydrogen) atoms. The molecule has 0 aliphatic rings. The van der Waals surface area contributed by atoms with Gasteiger partial charge in [0.05, 0.1) is 26.4 Å². The van der Waals surface area contributed by atoms with E-state index in [1.165, 1.54) is 0 Å². The quantitative estimate of drug-likeness (QED) is 0.262. The zero-order valence-electron chi connectivity index (χ0n) is 14.4. The fourth-order valence-electron chi connectivity index (χ4n) is 1.57. The molecule has 132 valence electrons. The Morgan fingerprint density at radius 3 is 2.05 bits per heavy atom. The van der Waals surface area contributed by atoms with Gasteiger partial charge in [0.25, 0.3) is 0 Å². The molecule has 0 unspecified atom stereocenters. The van der Waals surface area contributed by atoms with Gasteiger partial charge >= 0.3 is 0 Å². The molecule has 7 nitrogen and oxygen atoms in total. The van der Waals surface area contributed by atoms with Crippen LogP contribution in [0.25, 0.3) is 0 Å². The second-order valence-corrected chi connectivity index (χ2v) is 4.60. The monoisotopic (exact) mass is 319 g/mol. The highest BCUT2D eigenvalue weighted by Gasteiger charge is 1.97. The Labute approximate surface area is 134 Å². The van der Waals surface area contributed by atoms with Crippen molar-refractivity contribution in [3.63, 3.8) is 0 Å². The van der Waals surface area contributed by atoms with Gasteiger partial charge in [-0.15, -0.1) is 0 Å². The zero-order valence-corrected chi connectivity index (χ0v) is 14.4. The van der Waals surface area contributed by atoms with Crippen LogP contribution in [0.4, 0.5) is 0 Å². The van der Waals surface area contributed by atoms with Crippen LogP contribution in [0.2, 0.25) is 0 Å². The van der Waals surface area contributed by atoms with Crippen LogP contribution in [0.5, 0.6) is 0 Å². The zero-order chi connectivity index (χ0) is 16.3. The van der Waals surface area contributed by atoms with Crippen LogP contribution in [-0.4, -0.2) is 79.5 Å². The van der Waals surface area contributed by atoms with Crippen LogP contribution in [0.15, 0.2) is 4.99 Å². The van der Waals surface area contributed by atoms with Gasteiger partial charge in [-0.3, -0.25) is 4.99 Å². The van der Waals surface area contributed by atoms with E-state index in [9.17, 15) is 0 Å². The van der Waals surface area contributed by atoms with E-state index in [0.717, 1.165) is 45.0 Å². The van der Waals surface area contributed by atoms with E-state index in [-0.39, 0.29) is 0 Å². The van der Waals surface area contributed by atoms with Crippen LogP contribution >= 0.6 is 0 Å². The highest BCUT2D eigenvalue weighted by molar-refractivity contribution is 5.79. The second-order valence-electron chi connectivity index (χ2n) is 4.60. The third-order valence-corrected chi connectivity index (χ3v) is 2.68. The molecule has 0 aromatic heterocycles. The summed E-state index contributed by atoms with van der Waals surface area (Å²) in [5.41, 5.74) is 0. The van der Waals surface area contributed by atoms with E-state index in [0.29, 0.717) is 33.0 Å². The minimum Gasteiger partial charge on any atom is -0.382 e. The first-order valence-corrected chi connectivity index (χ1v) is 8.00. The number of hydrogen-bond donors (Lipinski definition) is 2. The highest BCUT2D eigenvalue weighted by Crippen LogP contribution is 1.86. The van der Waals surface area contributed by atoms with Gasteiger partial charge in [0.1, 0.15) is 0 Å². The lowest BCUT2D eigenvalue weighted by atomic mass is 10.4. The average Bonchev–Trinajstić information content (AvgIpc) is 2.53. The summed E-state index contributed by atoms with van der Waals surface area (Å²) in [6, 6.07) is 0. The number of methoxy groups -OCH3 is 2. The molecule has 0 spiro atoms. The number of guanidine groups is 1. The summed E-state index contributed by atoms with van der Waals surface area (Å²) in [5.74, 6) is 0.844. The molecule has 0 radical (unpaired) electrons. The molecule has 0 aliphatic heterocycles. The summed E-state index contributed by atoms with van der Waals surface area (Å²) >= 11 is 0. The van der Waals surface area contributed by atoms with E-state index < -0.39 is 0 Å². The maximum atomic E-state index is 5.41. The molecular formula is C15H33N3O4. The number of ether oxygens (including phenoxy) is 4. The Balaban J connectivity index is 3.59. The number of rotatable bonds is 15. The molecule has 0 amide bonds. The van der Waals surface area contributed by atoms with Crippen molar-refractivity contribution in [1.82, 2.24) is 10.6 Å². The third-order valence-electron chi connectivity index (χ3n) is 2.68. The average molecular weight is 319 g/mol. The second kappa shape index (κ2) is 18.2. The number of aliphatic imine (C=N–C) groups is 1. The fourth-order valence-corrected chi connectivity index (χ4v) is 1.57. The maximum absolute atomic E-state index is 5.41. The van der Waals surface area contributed by atoms with Gasteiger partial charge in [-0.25, -0.2) is 0 Å². The van der Waals surface area contributed by atoms with Crippen molar-refractivity contribution in [3.05, 3.63) is 0 Å². The number of hydrogen-bond acceptors (Lipinski definition) is 5. The van der Waals surface area contributed by atoms with Crippen LogP contribution in [-0.2, 0) is 18.9 Å². The number of nitrogens with zero attached hydrogens (tertiary/aromatic N) is 1. The number of nitrogens with one attached hydrogen (secondary N) is 2. The van der Waals surface area contributed by atoms with Crippen molar-refractivity contribution in [1.29, 1.82) is 0 Å². The molecule has 0 aliphatic carbocycles. The molecule has 7 heteroatoms. The van der Waals surface area contributed by atoms with E-state index >= 15 is 0 Å². The van der Waals surface area contributed by atoms with Gasteiger partial charge in [0, 0.05) is 47.1 Å². The molecule has 0 saturated carbocycles. The normalized spacial score (nSPS) is 11.7. The molecule has 0 heterocycles. The van der Waals surface area contributed by atoms with E-state index in [2.05, 4.69) is 22.5 Å². The minimum atomic E-state index is 0.639. The van der Waals surface area contributed by atoms with Crippen molar-refractivity contribution in [2.24, 2.45) is 4.99 Å². The van der Waals surface area contributed by atoms with Gasteiger partial charge in [-0.2, -0.15) is 0 Å². The van der Waals surface area contributed by atoms with Gasteiger partial charge in [-0.05, 0) is 19.8 Å². The predicted molar refractivity (Wildman–Crippen MR) is 88.6 cm³/mol. The summed E-state index contributed by atoms with van der Waals surface area (Å²) in [4.78, 5) is 4.50. The molecule has 0 fully saturated rings. The summed E-state index contributed by atoms with van der Waals surface area (Å²) < 4.78 is 20.6. The van der Waals surface area contributed by atoms with E-state index in [1.807, 2.05) is 0 Å². The Hall–Kier alpha value is -0.890. The van der Waals surface area contributed by atoms with Gasteiger partial charge in [-0.1, -0.05) is 0 Å². The smallest absolute Gasteiger partial charge is 0.191 e. The van der Waals surface area contributed by atoms with Crippen molar-refractivity contribution in [2.45, 2.75) is 19.8 Å². The molecule has 0 rings (SSSR count). The SMILES string of the molecule is CCNC(=NCCCOCCOC)NCCCOCCOC. The predicted octanol–water partition coefficient (Wildman–Crippen LogP) is 0.648. The van der Waals surface area contributed by atoms with Crippen molar-refractivity contribution in [2.75, 3.05) is 73.5 Å². The fraction of sp³-hybridized carbons (Fsp3) is 0.933. The lowest BCUT2D eigenvalue weighted by molar-refractivity contribution is 0.0698. The summed E-state index contributed by atoms with van der Waals surface area (Å²) in [6.07, 6.45) is 1.84. The summed E-state index contributed by atoms with van der Waals surface area (Å²) in [7, 11) is 3.34. The molecule has 0 saturated heterocycles. The Kier molecular flexibility index (Phi) is 17.4. The Bertz CT molecular complexity index is 253. The van der Waals surface area contributed by atoms with E-state index in [1.54, 1.807) is 14.2 Å². The maximum Gasteiger partial charge on any atom is 0.191 e.